The number of nitro benzene ring substituents is 1. The summed E-state index contributed by atoms with van der Waals surface area (Å²) in [7, 11) is -0.407. The van der Waals surface area contributed by atoms with Gasteiger partial charge in [-0.1, -0.05) is 12.1 Å². The minimum absolute atomic E-state index is 0.0812. The van der Waals surface area contributed by atoms with Crippen LogP contribution >= 0.6 is 0 Å². The first-order valence-corrected chi connectivity index (χ1v) is 10.1. The lowest BCUT2D eigenvalue weighted by atomic mass is 10.1. The van der Waals surface area contributed by atoms with Gasteiger partial charge in [-0.05, 0) is 18.9 Å². The maximum Gasteiger partial charge on any atom is 0.289 e. The Bertz CT molecular complexity index is 966. The molecule has 1 aromatic carbocycles. The van der Waals surface area contributed by atoms with Gasteiger partial charge in [0.05, 0.1) is 11.5 Å². The van der Waals surface area contributed by atoms with Gasteiger partial charge in [-0.15, -0.1) is 0 Å². The summed E-state index contributed by atoms with van der Waals surface area (Å²) in [6, 6.07) is 5.36. The lowest BCUT2D eigenvalue weighted by Gasteiger charge is -2.32. The molecular weight excluding hydrogens is 386 g/mol. The molecule has 11 heteroatoms. The molecule has 0 radical (unpaired) electrons. The molecule has 28 heavy (non-hydrogen) atoms. The zero-order valence-electron chi connectivity index (χ0n) is 15.6. The van der Waals surface area contributed by atoms with E-state index in [1.165, 1.54) is 34.8 Å². The van der Waals surface area contributed by atoms with Gasteiger partial charge >= 0.3 is 0 Å². The molecule has 0 amide bonds. The Morgan fingerprint density at radius 3 is 2.68 bits per heavy atom. The monoisotopic (exact) mass is 407 g/mol. The van der Waals surface area contributed by atoms with E-state index >= 15 is 0 Å². The third-order valence-electron chi connectivity index (χ3n) is 4.37. The number of nitrogens with zero attached hydrogens (tertiary/aromatic N) is 5. The number of ether oxygens (including phenoxy) is 1. The second-order valence-electron chi connectivity index (χ2n) is 6.55. The van der Waals surface area contributed by atoms with Crippen LogP contribution in [-0.2, 0) is 10.0 Å². The first-order chi connectivity index (χ1) is 13.3. The molecule has 2 heterocycles. The molecule has 3 rings (SSSR count). The lowest BCUT2D eigenvalue weighted by Crippen LogP contribution is -2.44. The largest absolute Gasteiger partial charge is 0.470 e. The van der Waals surface area contributed by atoms with E-state index in [1.807, 2.05) is 14.1 Å². The van der Waals surface area contributed by atoms with Crippen LogP contribution in [0.4, 0.5) is 11.5 Å². The standard InChI is InChI=1S/C17H21N5O5S/c1-20(2)16-17(19-10-9-18-16)27-13-6-5-11-21(12-13)28(25,26)15-8-4-3-7-14(15)22(23)24/h3-4,7-10,13H,5-6,11-12H2,1-2H3. The van der Waals surface area contributed by atoms with Gasteiger partial charge in [-0.25, -0.2) is 18.4 Å². The highest BCUT2D eigenvalue weighted by molar-refractivity contribution is 7.89. The summed E-state index contributed by atoms with van der Waals surface area (Å²) in [5.74, 6) is 0.864. The number of sulfonamides is 1. The molecule has 1 aliphatic rings. The lowest BCUT2D eigenvalue weighted by molar-refractivity contribution is -0.387. The number of benzene rings is 1. The molecule has 1 aliphatic heterocycles. The van der Waals surface area contributed by atoms with Crippen LogP contribution in [0, 0.1) is 10.1 Å². The Labute approximate surface area is 163 Å². The summed E-state index contributed by atoms with van der Waals surface area (Å²) < 4.78 is 33.2. The van der Waals surface area contributed by atoms with Crippen molar-refractivity contribution in [3.8, 4) is 5.88 Å². The number of para-hydroxylation sites is 1. The van der Waals surface area contributed by atoms with Crippen LogP contribution in [0.25, 0.3) is 0 Å². The molecule has 1 saturated heterocycles. The van der Waals surface area contributed by atoms with Crippen molar-refractivity contribution < 1.29 is 18.1 Å². The summed E-state index contributed by atoms with van der Waals surface area (Å²) in [5.41, 5.74) is -0.436. The number of aromatic nitrogens is 2. The molecule has 1 atom stereocenters. The summed E-state index contributed by atoms with van der Waals surface area (Å²) in [6.07, 6.45) is 3.84. The van der Waals surface area contributed by atoms with Crippen LogP contribution < -0.4 is 9.64 Å². The Balaban J connectivity index is 1.83. The summed E-state index contributed by atoms with van der Waals surface area (Å²) >= 11 is 0. The van der Waals surface area contributed by atoms with Crippen molar-refractivity contribution in [2.75, 3.05) is 32.1 Å². The van der Waals surface area contributed by atoms with Crippen LogP contribution in [-0.4, -0.2) is 60.9 Å². The molecular formula is C17H21N5O5S. The molecule has 150 valence electrons. The zero-order chi connectivity index (χ0) is 20.3. The zero-order valence-corrected chi connectivity index (χ0v) is 16.4. The first kappa shape index (κ1) is 20.0. The van der Waals surface area contributed by atoms with Crippen molar-refractivity contribution in [3.05, 3.63) is 46.8 Å². The average Bonchev–Trinajstić information content (AvgIpc) is 2.68. The fourth-order valence-corrected chi connectivity index (χ4v) is 4.72. The third-order valence-corrected chi connectivity index (χ3v) is 6.28. The number of hydrogen-bond donors (Lipinski definition) is 0. The first-order valence-electron chi connectivity index (χ1n) is 8.69. The normalized spacial score (nSPS) is 17.9. The van der Waals surface area contributed by atoms with E-state index < -0.39 is 26.7 Å². The fraction of sp³-hybridized carbons (Fsp3) is 0.412. The maximum atomic E-state index is 13.0. The van der Waals surface area contributed by atoms with Crippen molar-refractivity contribution in [3.63, 3.8) is 0 Å². The highest BCUT2D eigenvalue weighted by atomic mass is 32.2. The summed E-state index contributed by atoms with van der Waals surface area (Å²) in [5, 5.41) is 11.2. The Morgan fingerprint density at radius 1 is 1.25 bits per heavy atom. The second-order valence-corrected chi connectivity index (χ2v) is 8.46. The smallest absolute Gasteiger partial charge is 0.289 e. The van der Waals surface area contributed by atoms with Crippen molar-refractivity contribution in [2.24, 2.45) is 0 Å². The average molecular weight is 407 g/mol. The van der Waals surface area contributed by atoms with E-state index in [0.717, 1.165) is 0 Å². The number of nitro groups is 1. The van der Waals surface area contributed by atoms with Crippen LogP contribution in [0.2, 0.25) is 0 Å². The van der Waals surface area contributed by atoms with E-state index in [9.17, 15) is 18.5 Å². The van der Waals surface area contributed by atoms with Crippen LogP contribution in [0.3, 0.4) is 0 Å². The highest BCUT2D eigenvalue weighted by Gasteiger charge is 2.35. The molecule has 0 bridgehead atoms. The number of rotatable bonds is 6. The topological polar surface area (TPSA) is 119 Å². The Hall–Kier alpha value is -2.79. The molecule has 0 aliphatic carbocycles. The molecule has 2 aromatic rings. The number of hydrogen-bond acceptors (Lipinski definition) is 8. The molecule has 0 N–H and O–H groups in total. The molecule has 1 unspecified atom stereocenters. The number of anilines is 1. The van der Waals surface area contributed by atoms with E-state index in [0.29, 0.717) is 24.5 Å². The van der Waals surface area contributed by atoms with Gasteiger partial charge in [-0.2, -0.15) is 4.31 Å². The van der Waals surface area contributed by atoms with Gasteiger partial charge in [0.25, 0.3) is 11.6 Å². The van der Waals surface area contributed by atoms with E-state index in [2.05, 4.69) is 9.97 Å². The van der Waals surface area contributed by atoms with Gasteiger partial charge < -0.3 is 9.64 Å². The predicted molar refractivity (Wildman–Crippen MR) is 102 cm³/mol. The van der Waals surface area contributed by atoms with Crippen LogP contribution in [0.1, 0.15) is 12.8 Å². The second kappa shape index (κ2) is 8.07. The van der Waals surface area contributed by atoms with Crippen molar-refractivity contribution >= 4 is 21.5 Å². The fourth-order valence-electron chi connectivity index (χ4n) is 3.05. The summed E-state index contributed by atoms with van der Waals surface area (Å²) in [4.78, 5) is 20.4. The van der Waals surface area contributed by atoms with Gasteiger partial charge in [0.15, 0.2) is 10.7 Å². The maximum absolute atomic E-state index is 13.0. The molecule has 10 nitrogen and oxygen atoms in total. The van der Waals surface area contributed by atoms with Crippen molar-refractivity contribution in [1.29, 1.82) is 0 Å². The van der Waals surface area contributed by atoms with E-state index in [-0.39, 0.29) is 18.0 Å². The summed E-state index contributed by atoms with van der Waals surface area (Å²) in [6.45, 7) is 0.354. The van der Waals surface area contributed by atoms with E-state index in [4.69, 9.17) is 4.74 Å². The minimum atomic E-state index is -4.02. The molecule has 0 spiro atoms. The van der Waals surface area contributed by atoms with E-state index in [1.54, 1.807) is 11.1 Å². The Morgan fingerprint density at radius 2 is 1.96 bits per heavy atom. The number of piperidine rings is 1. The quantitative estimate of drug-likeness (QED) is 0.524. The van der Waals surface area contributed by atoms with Crippen molar-refractivity contribution in [1.82, 2.24) is 14.3 Å². The van der Waals surface area contributed by atoms with Crippen molar-refractivity contribution in [2.45, 2.75) is 23.8 Å². The third kappa shape index (κ3) is 4.04. The van der Waals surface area contributed by atoms with Gasteiger partial charge in [0.2, 0.25) is 10.0 Å². The highest BCUT2D eigenvalue weighted by Crippen LogP contribution is 2.30. The SMILES string of the molecule is CN(C)c1nccnc1OC1CCCN(S(=O)(=O)c2ccccc2[N+](=O)[O-])C1. The van der Waals surface area contributed by atoms with Crippen LogP contribution in [0.15, 0.2) is 41.6 Å². The predicted octanol–water partition coefficient (Wildman–Crippen LogP) is 1.68. The van der Waals surface area contributed by atoms with Gasteiger partial charge in [0, 0.05) is 39.1 Å². The minimum Gasteiger partial charge on any atom is -0.470 e. The molecule has 1 aromatic heterocycles. The molecule has 1 fully saturated rings. The van der Waals surface area contributed by atoms with Gasteiger partial charge in [-0.3, -0.25) is 10.1 Å². The van der Waals surface area contributed by atoms with Crippen LogP contribution in [0.5, 0.6) is 5.88 Å². The molecule has 0 saturated carbocycles. The van der Waals surface area contributed by atoms with Gasteiger partial charge in [0.1, 0.15) is 6.10 Å². The Kier molecular flexibility index (Phi) is 5.75.